The van der Waals surface area contributed by atoms with Gasteiger partial charge in [-0.2, -0.15) is 0 Å². The van der Waals surface area contributed by atoms with E-state index in [1.54, 1.807) is 0 Å². The molecule has 112 valence electrons. The molecule has 0 amide bonds. The lowest BCUT2D eigenvalue weighted by molar-refractivity contribution is -0.00536. The zero-order valence-electron chi connectivity index (χ0n) is 13.0. The van der Waals surface area contributed by atoms with E-state index in [2.05, 4.69) is 48.3 Å². The number of hydrogen-bond donors (Lipinski definition) is 1. The first-order valence-electron chi connectivity index (χ1n) is 7.60. The van der Waals surface area contributed by atoms with Crippen molar-refractivity contribution in [3.63, 3.8) is 0 Å². The van der Waals surface area contributed by atoms with Crippen molar-refractivity contribution in [3.05, 3.63) is 36.0 Å². The van der Waals surface area contributed by atoms with Gasteiger partial charge in [-0.3, -0.25) is 0 Å². The van der Waals surface area contributed by atoms with Crippen molar-refractivity contribution in [1.29, 1.82) is 0 Å². The minimum absolute atomic E-state index is 0.242. The average molecular weight is 285 g/mol. The van der Waals surface area contributed by atoms with Crippen molar-refractivity contribution >= 4 is 16.6 Å². The van der Waals surface area contributed by atoms with Crippen LogP contribution in [0.25, 0.3) is 10.8 Å². The Morgan fingerprint density at radius 1 is 1.19 bits per heavy atom. The van der Waals surface area contributed by atoms with Gasteiger partial charge in [0.1, 0.15) is 5.82 Å². The molecule has 1 aliphatic rings. The van der Waals surface area contributed by atoms with Crippen LogP contribution < -0.4 is 10.2 Å². The van der Waals surface area contributed by atoms with E-state index in [9.17, 15) is 0 Å². The molecule has 4 nitrogen and oxygen atoms in total. The Bertz CT molecular complexity index is 618. The topological polar surface area (TPSA) is 37.4 Å². The molecule has 1 aromatic heterocycles. The Balaban J connectivity index is 2.05. The third kappa shape index (κ3) is 2.87. The smallest absolute Gasteiger partial charge is 0.136 e. The minimum atomic E-state index is 0.242. The maximum absolute atomic E-state index is 5.83. The molecular weight excluding hydrogens is 262 g/mol. The molecular formula is C17H23N3O. The summed E-state index contributed by atoms with van der Waals surface area (Å²) >= 11 is 0. The number of morpholine rings is 1. The summed E-state index contributed by atoms with van der Waals surface area (Å²) in [4.78, 5) is 7.10. The zero-order valence-corrected chi connectivity index (χ0v) is 13.0. The highest BCUT2D eigenvalue weighted by atomic mass is 16.5. The van der Waals surface area contributed by atoms with Crippen molar-refractivity contribution in [3.8, 4) is 0 Å². The predicted octanol–water partition coefficient (Wildman–Crippen LogP) is 2.57. The van der Waals surface area contributed by atoms with Gasteiger partial charge < -0.3 is 15.0 Å². The number of fused-ring (bicyclic) bond motifs is 1. The van der Waals surface area contributed by atoms with Crippen molar-refractivity contribution in [2.75, 3.05) is 25.0 Å². The number of aromatic nitrogens is 1. The molecule has 1 aliphatic heterocycles. The van der Waals surface area contributed by atoms with E-state index < -0.39 is 0 Å². The number of benzene rings is 1. The summed E-state index contributed by atoms with van der Waals surface area (Å²) in [5, 5.41) is 5.73. The number of pyridine rings is 1. The highest BCUT2D eigenvalue weighted by Gasteiger charge is 2.24. The Labute approximate surface area is 126 Å². The van der Waals surface area contributed by atoms with Crippen molar-refractivity contribution in [1.82, 2.24) is 10.3 Å². The van der Waals surface area contributed by atoms with Gasteiger partial charge in [0.25, 0.3) is 0 Å². The van der Waals surface area contributed by atoms with Gasteiger partial charge in [-0.15, -0.1) is 0 Å². The SMILES string of the molecule is CNCc1cnc(N2CC(C)OC(C)C2)c2ccccc12. The summed E-state index contributed by atoms with van der Waals surface area (Å²) in [6.07, 6.45) is 2.48. The summed E-state index contributed by atoms with van der Waals surface area (Å²) in [6, 6.07) is 8.53. The van der Waals surface area contributed by atoms with Crippen LogP contribution in [0.3, 0.4) is 0 Å². The third-order valence-corrected chi connectivity index (χ3v) is 3.94. The van der Waals surface area contributed by atoms with Crippen LogP contribution >= 0.6 is 0 Å². The molecule has 0 bridgehead atoms. The van der Waals surface area contributed by atoms with Crippen LogP contribution in [-0.2, 0) is 11.3 Å². The standard InChI is InChI=1S/C17H23N3O/c1-12-10-20(11-13(2)21-12)17-16-7-5-4-6-15(16)14(8-18-3)9-19-17/h4-7,9,12-13,18H,8,10-11H2,1-3H3. The average Bonchev–Trinajstić information content (AvgIpc) is 2.47. The van der Waals surface area contributed by atoms with E-state index in [4.69, 9.17) is 9.72 Å². The summed E-state index contributed by atoms with van der Waals surface area (Å²) in [7, 11) is 1.97. The Morgan fingerprint density at radius 2 is 1.86 bits per heavy atom. The molecule has 2 aromatic rings. The number of anilines is 1. The number of nitrogens with one attached hydrogen (secondary N) is 1. The van der Waals surface area contributed by atoms with Crippen molar-refractivity contribution in [2.45, 2.75) is 32.6 Å². The number of hydrogen-bond acceptors (Lipinski definition) is 4. The summed E-state index contributed by atoms with van der Waals surface area (Å²) in [5.41, 5.74) is 1.24. The Hall–Kier alpha value is -1.65. The van der Waals surface area contributed by atoms with Gasteiger partial charge >= 0.3 is 0 Å². The lowest BCUT2D eigenvalue weighted by Crippen LogP contribution is -2.45. The quantitative estimate of drug-likeness (QED) is 0.940. The van der Waals surface area contributed by atoms with E-state index in [1.807, 2.05) is 13.2 Å². The van der Waals surface area contributed by atoms with E-state index >= 15 is 0 Å². The van der Waals surface area contributed by atoms with Crippen molar-refractivity contribution in [2.24, 2.45) is 0 Å². The second-order valence-corrected chi connectivity index (χ2v) is 5.85. The van der Waals surface area contributed by atoms with Gasteiger partial charge in [0, 0.05) is 31.2 Å². The molecule has 3 rings (SSSR count). The predicted molar refractivity (Wildman–Crippen MR) is 86.7 cm³/mol. The fraction of sp³-hybridized carbons (Fsp3) is 0.471. The molecule has 0 spiro atoms. The van der Waals surface area contributed by atoms with Crippen molar-refractivity contribution < 1.29 is 4.74 Å². The monoisotopic (exact) mass is 285 g/mol. The van der Waals surface area contributed by atoms with Crippen LogP contribution in [0, 0.1) is 0 Å². The van der Waals surface area contributed by atoms with E-state index in [-0.39, 0.29) is 12.2 Å². The number of nitrogens with zero attached hydrogens (tertiary/aromatic N) is 2. The molecule has 0 aliphatic carbocycles. The Kier molecular flexibility index (Phi) is 4.08. The van der Waals surface area contributed by atoms with Gasteiger partial charge in [0.15, 0.2) is 0 Å². The molecule has 2 heterocycles. The lowest BCUT2D eigenvalue weighted by atomic mass is 10.1. The van der Waals surface area contributed by atoms with E-state index in [0.717, 1.165) is 25.5 Å². The molecule has 4 heteroatoms. The molecule has 2 atom stereocenters. The number of ether oxygens (including phenoxy) is 1. The van der Waals surface area contributed by atoms with Crippen LogP contribution in [-0.4, -0.2) is 37.3 Å². The third-order valence-electron chi connectivity index (χ3n) is 3.94. The highest BCUT2D eigenvalue weighted by Crippen LogP contribution is 2.29. The fourth-order valence-corrected chi connectivity index (χ4v) is 3.17. The van der Waals surface area contributed by atoms with Crippen LogP contribution in [0.15, 0.2) is 30.5 Å². The first kappa shape index (κ1) is 14.3. The highest BCUT2D eigenvalue weighted by molar-refractivity contribution is 5.94. The largest absolute Gasteiger partial charge is 0.372 e. The van der Waals surface area contributed by atoms with Crippen LogP contribution in [0.1, 0.15) is 19.4 Å². The van der Waals surface area contributed by atoms with Crippen LogP contribution in [0.5, 0.6) is 0 Å². The number of rotatable bonds is 3. The second-order valence-electron chi connectivity index (χ2n) is 5.85. The van der Waals surface area contributed by atoms with Crippen LogP contribution in [0.2, 0.25) is 0 Å². The summed E-state index contributed by atoms with van der Waals surface area (Å²) in [5.74, 6) is 1.08. The molecule has 0 saturated carbocycles. The normalized spacial score (nSPS) is 22.7. The van der Waals surface area contributed by atoms with Crippen LogP contribution in [0.4, 0.5) is 5.82 Å². The van der Waals surface area contributed by atoms with Gasteiger partial charge in [0.2, 0.25) is 0 Å². The second kappa shape index (κ2) is 6.00. The fourth-order valence-electron chi connectivity index (χ4n) is 3.17. The summed E-state index contributed by atoms with van der Waals surface area (Å²) < 4.78 is 5.83. The van der Waals surface area contributed by atoms with Gasteiger partial charge in [-0.25, -0.2) is 4.98 Å². The van der Waals surface area contributed by atoms with Gasteiger partial charge in [0.05, 0.1) is 12.2 Å². The maximum atomic E-state index is 5.83. The maximum Gasteiger partial charge on any atom is 0.136 e. The Morgan fingerprint density at radius 3 is 2.52 bits per heavy atom. The molecule has 2 unspecified atom stereocenters. The minimum Gasteiger partial charge on any atom is -0.372 e. The molecule has 21 heavy (non-hydrogen) atoms. The molecule has 1 N–H and O–H groups in total. The molecule has 1 aromatic carbocycles. The van der Waals surface area contributed by atoms with E-state index in [1.165, 1.54) is 16.3 Å². The lowest BCUT2D eigenvalue weighted by Gasteiger charge is -2.36. The molecule has 1 saturated heterocycles. The molecule has 1 fully saturated rings. The first-order chi connectivity index (χ1) is 10.2. The summed E-state index contributed by atoms with van der Waals surface area (Å²) in [6.45, 7) is 6.88. The molecule has 0 radical (unpaired) electrons. The zero-order chi connectivity index (χ0) is 14.8. The van der Waals surface area contributed by atoms with E-state index in [0.29, 0.717) is 0 Å². The van der Waals surface area contributed by atoms with Gasteiger partial charge in [-0.1, -0.05) is 24.3 Å². The first-order valence-corrected chi connectivity index (χ1v) is 7.60. The van der Waals surface area contributed by atoms with Gasteiger partial charge in [-0.05, 0) is 31.8 Å².